The van der Waals surface area contributed by atoms with Crippen LogP contribution in [0.4, 0.5) is 5.69 Å². The van der Waals surface area contributed by atoms with Crippen molar-refractivity contribution in [3.63, 3.8) is 0 Å². The fourth-order valence-corrected chi connectivity index (χ4v) is 5.74. The first-order valence-corrected chi connectivity index (χ1v) is 13.3. The molecule has 8 heteroatoms. The van der Waals surface area contributed by atoms with Gasteiger partial charge in [-0.15, -0.1) is 0 Å². The van der Waals surface area contributed by atoms with E-state index in [2.05, 4.69) is 45.0 Å². The minimum absolute atomic E-state index is 0.0465. The number of nitrogens with zero attached hydrogens (tertiary/aromatic N) is 3. The van der Waals surface area contributed by atoms with Crippen LogP contribution >= 0.6 is 12.2 Å². The number of aryl methyl sites for hydroxylation is 1. The van der Waals surface area contributed by atoms with E-state index in [4.69, 9.17) is 17.0 Å². The summed E-state index contributed by atoms with van der Waals surface area (Å²) in [5.41, 5.74) is 5.25. The molecule has 38 heavy (non-hydrogen) atoms. The molecule has 3 heterocycles. The van der Waals surface area contributed by atoms with Crippen LogP contribution in [-0.4, -0.2) is 45.7 Å². The molecule has 2 unspecified atom stereocenters. The van der Waals surface area contributed by atoms with Gasteiger partial charge in [-0.05, 0) is 61.3 Å². The Kier molecular flexibility index (Phi) is 7.72. The molecule has 2 aromatic heterocycles. The van der Waals surface area contributed by atoms with Gasteiger partial charge in [0.15, 0.2) is 5.11 Å². The first-order valence-electron chi connectivity index (χ1n) is 12.9. The van der Waals surface area contributed by atoms with Gasteiger partial charge in [-0.3, -0.25) is 9.78 Å². The van der Waals surface area contributed by atoms with E-state index in [1.165, 1.54) is 17.0 Å². The van der Waals surface area contributed by atoms with Crippen LogP contribution in [0, 0.1) is 13.8 Å². The lowest BCUT2D eigenvalue weighted by Crippen LogP contribution is -2.33. The SMILES string of the molecule is COCCn1c(C)cc(C2C(c3ccccn3)NC(=S)N2CCC(=O)Nc2cccc3ccccc23)c1C. The van der Waals surface area contributed by atoms with Gasteiger partial charge in [-0.25, -0.2) is 0 Å². The van der Waals surface area contributed by atoms with Crippen molar-refractivity contribution in [3.8, 4) is 0 Å². The van der Waals surface area contributed by atoms with Crippen LogP contribution in [0.1, 0.15) is 41.1 Å². The Morgan fingerprint density at radius 1 is 1.08 bits per heavy atom. The van der Waals surface area contributed by atoms with E-state index in [-0.39, 0.29) is 18.0 Å². The summed E-state index contributed by atoms with van der Waals surface area (Å²) >= 11 is 5.82. The molecular weight excluding hydrogens is 494 g/mol. The molecule has 2 aromatic carbocycles. The number of nitrogens with one attached hydrogen (secondary N) is 2. The second-order valence-corrected chi connectivity index (χ2v) is 10.0. The number of anilines is 1. The second-order valence-electron chi connectivity index (χ2n) is 9.62. The highest BCUT2D eigenvalue weighted by Crippen LogP contribution is 2.41. The van der Waals surface area contributed by atoms with E-state index >= 15 is 0 Å². The van der Waals surface area contributed by atoms with Gasteiger partial charge in [0.05, 0.1) is 24.4 Å². The zero-order valence-electron chi connectivity index (χ0n) is 22.0. The summed E-state index contributed by atoms with van der Waals surface area (Å²) in [6, 6.07) is 21.9. The molecule has 4 aromatic rings. The van der Waals surface area contributed by atoms with Gasteiger partial charge in [0.1, 0.15) is 0 Å². The van der Waals surface area contributed by atoms with Gasteiger partial charge in [0.2, 0.25) is 5.91 Å². The predicted octanol–water partition coefficient (Wildman–Crippen LogP) is 5.30. The Balaban J connectivity index is 1.40. The fraction of sp³-hybridized carbons (Fsp3) is 0.300. The Bertz CT molecular complexity index is 1450. The lowest BCUT2D eigenvalue weighted by atomic mass is 9.96. The van der Waals surface area contributed by atoms with E-state index < -0.39 is 0 Å². The fourth-order valence-electron chi connectivity index (χ4n) is 5.41. The highest BCUT2D eigenvalue weighted by molar-refractivity contribution is 7.80. The Hall–Kier alpha value is -3.75. The minimum Gasteiger partial charge on any atom is -0.383 e. The first kappa shape index (κ1) is 25.9. The molecule has 2 N–H and O–H groups in total. The van der Waals surface area contributed by atoms with Crippen LogP contribution in [0.2, 0.25) is 0 Å². The van der Waals surface area contributed by atoms with Crippen LogP contribution in [-0.2, 0) is 16.1 Å². The average molecular weight is 528 g/mol. The maximum absolute atomic E-state index is 13.1. The van der Waals surface area contributed by atoms with E-state index in [0.717, 1.165) is 28.7 Å². The summed E-state index contributed by atoms with van der Waals surface area (Å²) in [5, 5.41) is 9.35. The van der Waals surface area contributed by atoms with E-state index in [0.29, 0.717) is 24.7 Å². The van der Waals surface area contributed by atoms with Crippen LogP contribution < -0.4 is 10.6 Å². The number of thiocarbonyl (C=S) groups is 1. The summed E-state index contributed by atoms with van der Waals surface area (Å²) in [7, 11) is 1.72. The summed E-state index contributed by atoms with van der Waals surface area (Å²) in [5.74, 6) is -0.0465. The van der Waals surface area contributed by atoms with Gasteiger partial charge in [-0.2, -0.15) is 0 Å². The quantitative estimate of drug-likeness (QED) is 0.288. The Morgan fingerprint density at radius 2 is 1.87 bits per heavy atom. The lowest BCUT2D eigenvalue weighted by Gasteiger charge is -2.28. The number of carbonyl (C=O) groups excluding carboxylic acids is 1. The molecule has 1 saturated heterocycles. The van der Waals surface area contributed by atoms with Gasteiger partial charge < -0.3 is 24.8 Å². The largest absolute Gasteiger partial charge is 0.383 e. The number of hydrogen-bond acceptors (Lipinski definition) is 4. The first-order chi connectivity index (χ1) is 18.5. The number of benzene rings is 2. The zero-order valence-corrected chi connectivity index (χ0v) is 22.8. The van der Waals surface area contributed by atoms with Crippen LogP contribution in [0.3, 0.4) is 0 Å². The van der Waals surface area contributed by atoms with Crippen molar-refractivity contribution >= 4 is 39.7 Å². The number of carbonyl (C=O) groups is 1. The van der Waals surface area contributed by atoms with Crippen LogP contribution in [0.25, 0.3) is 10.8 Å². The van der Waals surface area contributed by atoms with Crippen molar-refractivity contribution in [2.75, 3.05) is 25.6 Å². The molecule has 0 saturated carbocycles. The highest BCUT2D eigenvalue weighted by Gasteiger charge is 2.41. The van der Waals surface area contributed by atoms with Crippen molar-refractivity contribution in [2.45, 2.75) is 38.9 Å². The normalized spacial score (nSPS) is 17.1. The second kappa shape index (κ2) is 11.3. The number of methoxy groups -OCH3 is 1. The third-order valence-corrected chi connectivity index (χ3v) is 7.64. The topological polar surface area (TPSA) is 71.4 Å². The van der Waals surface area contributed by atoms with Crippen molar-refractivity contribution in [1.82, 2.24) is 19.8 Å². The maximum atomic E-state index is 13.1. The highest BCUT2D eigenvalue weighted by atomic mass is 32.1. The molecule has 196 valence electrons. The van der Waals surface area contributed by atoms with Crippen LogP contribution in [0.5, 0.6) is 0 Å². The minimum atomic E-state index is -0.124. The molecule has 7 nitrogen and oxygen atoms in total. The number of aromatic nitrogens is 2. The molecule has 1 aliphatic heterocycles. The molecule has 1 amide bonds. The summed E-state index contributed by atoms with van der Waals surface area (Å²) in [4.78, 5) is 19.9. The molecular formula is C30H33N5O2S. The number of rotatable bonds is 9. The molecule has 5 rings (SSSR count). The van der Waals surface area contributed by atoms with E-state index in [1.54, 1.807) is 13.3 Å². The smallest absolute Gasteiger partial charge is 0.226 e. The third-order valence-electron chi connectivity index (χ3n) is 7.29. The van der Waals surface area contributed by atoms with E-state index in [1.807, 2.05) is 60.7 Å². The third kappa shape index (κ3) is 5.14. The van der Waals surface area contributed by atoms with Crippen molar-refractivity contribution in [3.05, 3.63) is 95.6 Å². The van der Waals surface area contributed by atoms with Crippen molar-refractivity contribution in [2.24, 2.45) is 0 Å². The van der Waals surface area contributed by atoms with Gasteiger partial charge in [-0.1, -0.05) is 42.5 Å². The molecule has 0 bridgehead atoms. The monoisotopic (exact) mass is 527 g/mol. The maximum Gasteiger partial charge on any atom is 0.226 e. The number of amides is 1. The summed E-state index contributed by atoms with van der Waals surface area (Å²) in [6.07, 6.45) is 2.11. The lowest BCUT2D eigenvalue weighted by molar-refractivity contribution is -0.116. The Labute approximate surface area is 228 Å². The standard InChI is InChI=1S/C30H33N5O2S/c1-20-19-24(21(2)34(20)17-18-37-3)29-28(26-12-6-7-15-31-26)33-30(38)35(29)16-14-27(36)32-25-13-8-10-22-9-4-5-11-23(22)25/h4-13,15,19,28-29H,14,16-18H2,1-3H3,(H,32,36)(H,33,38). The molecule has 1 fully saturated rings. The molecule has 0 radical (unpaired) electrons. The number of fused-ring (bicyclic) bond motifs is 1. The number of pyridine rings is 1. The number of hydrogen-bond donors (Lipinski definition) is 2. The Morgan fingerprint density at radius 3 is 2.66 bits per heavy atom. The summed E-state index contributed by atoms with van der Waals surface area (Å²) in [6.45, 7) is 6.16. The summed E-state index contributed by atoms with van der Waals surface area (Å²) < 4.78 is 7.62. The average Bonchev–Trinajstić information content (AvgIpc) is 3.41. The van der Waals surface area contributed by atoms with Crippen molar-refractivity contribution < 1.29 is 9.53 Å². The molecule has 0 spiro atoms. The van der Waals surface area contributed by atoms with E-state index in [9.17, 15) is 4.79 Å². The predicted molar refractivity (Wildman–Crippen MR) is 155 cm³/mol. The van der Waals surface area contributed by atoms with Gasteiger partial charge in [0.25, 0.3) is 0 Å². The molecule has 0 aliphatic carbocycles. The molecule has 1 aliphatic rings. The molecule has 2 atom stereocenters. The van der Waals surface area contributed by atoms with Gasteiger partial charge in [0, 0.05) is 55.3 Å². The number of ether oxygens (including phenoxy) is 1. The van der Waals surface area contributed by atoms with Crippen molar-refractivity contribution in [1.29, 1.82) is 0 Å². The van der Waals surface area contributed by atoms with Crippen LogP contribution in [0.15, 0.2) is 72.9 Å². The van der Waals surface area contributed by atoms with Gasteiger partial charge >= 0.3 is 0 Å². The zero-order chi connectivity index (χ0) is 26.6.